The highest BCUT2D eigenvalue weighted by Crippen LogP contribution is 2.06. The molecule has 4 heteroatoms. The highest BCUT2D eigenvalue weighted by molar-refractivity contribution is 5.90. The molecule has 0 aromatic heterocycles. The van der Waals surface area contributed by atoms with Crippen LogP contribution in [0.2, 0.25) is 0 Å². The van der Waals surface area contributed by atoms with Crippen LogP contribution >= 0.6 is 0 Å². The second kappa shape index (κ2) is 7.42. The smallest absolute Gasteiger partial charge is 0.225 e. The predicted molar refractivity (Wildman–Crippen MR) is 67.4 cm³/mol. The van der Waals surface area contributed by atoms with Crippen molar-refractivity contribution in [1.29, 1.82) is 5.26 Å². The first-order valence-electron chi connectivity index (χ1n) is 5.67. The van der Waals surface area contributed by atoms with Gasteiger partial charge >= 0.3 is 0 Å². The number of nitrogens with one attached hydrogen (secondary N) is 2. The van der Waals surface area contributed by atoms with E-state index >= 15 is 0 Å². The fraction of sp³-hybridized carbons (Fsp3) is 0.385. The quantitative estimate of drug-likeness (QED) is 0.735. The minimum Gasteiger partial charge on any atom is -0.326 e. The van der Waals surface area contributed by atoms with Crippen molar-refractivity contribution < 1.29 is 4.79 Å². The van der Waals surface area contributed by atoms with Gasteiger partial charge in [0.1, 0.15) is 0 Å². The minimum atomic E-state index is -0.0202. The van der Waals surface area contributed by atoms with Crippen LogP contribution < -0.4 is 10.6 Å². The highest BCUT2D eigenvalue weighted by atomic mass is 16.1. The number of amides is 1. The van der Waals surface area contributed by atoms with Crippen molar-refractivity contribution in [2.75, 3.05) is 11.9 Å². The zero-order valence-corrected chi connectivity index (χ0v) is 9.94. The molecule has 1 amide bonds. The van der Waals surface area contributed by atoms with Crippen LogP contribution in [-0.4, -0.2) is 18.5 Å². The van der Waals surface area contributed by atoms with Crippen LogP contribution in [0.5, 0.6) is 0 Å². The lowest BCUT2D eigenvalue weighted by Gasteiger charge is -2.12. The van der Waals surface area contributed by atoms with Crippen molar-refractivity contribution in [3.05, 3.63) is 30.3 Å². The molecule has 1 unspecified atom stereocenters. The van der Waals surface area contributed by atoms with E-state index in [4.69, 9.17) is 5.26 Å². The fourth-order valence-electron chi connectivity index (χ4n) is 1.46. The van der Waals surface area contributed by atoms with E-state index in [-0.39, 0.29) is 11.9 Å². The molecule has 1 aromatic carbocycles. The molecule has 0 heterocycles. The van der Waals surface area contributed by atoms with Gasteiger partial charge in [0.05, 0.1) is 6.07 Å². The predicted octanol–water partition coefficient (Wildman–Crippen LogP) is 1.91. The number of hydrogen-bond acceptors (Lipinski definition) is 3. The van der Waals surface area contributed by atoms with E-state index in [2.05, 4.69) is 16.7 Å². The summed E-state index contributed by atoms with van der Waals surface area (Å²) in [6.07, 6.45) is 0.866. The van der Waals surface area contributed by atoms with Gasteiger partial charge in [-0.15, -0.1) is 0 Å². The van der Waals surface area contributed by atoms with Gasteiger partial charge in [0.15, 0.2) is 0 Å². The minimum absolute atomic E-state index is 0.0202. The maximum atomic E-state index is 11.6. The molecular weight excluding hydrogens is 214 g/mol. The largest absolute Gasteiger partial charge is 0.326 e. The first-order valence-corrected chi connectivity index (χ1v) is 5.67. The Kier molecular flexibility index (Phi) is 5.76. The molecule has 0 aliphatic carbocycles. The van der Waals surface area contributed by atoms with Crippen LogP contribution in [0.3, 0.4) is 0 Å². The summed E-state index contributed by atoms with van der Waals surface area (Å²) in [5, 5.41) is 14.3. The van der Waals surface area contributed by atoms with E-state index in [0.29, 0.717) is 19.4 Å². The number of hydrogen-bond donors (Lipinski definition) is 2. The molecule has 1 aromatic rings. The van der Waals surface area contributed by atoms with Crippen LogP contribution in [0.4, 0.5) is 5.69 Å². The van der Waals surface area contributed by atoms with Crippen molar-refractivity contribution in [1.82, 2.24) is 5.32 Å². The van der Waals surface area contributed by atoms with E-state index < -0.39 is 0 Å². The van der Waals surface area contributed by atoms with Gasteiger partial charge in [0, 0.05) is 31.1 Å². The van der Waals surface area contributed by atoms with Gasteiger partial charge in [-0.25, -0.2) is 0 Å². The van der Waals surface area contributed by atoms with Crippen LogP contribution in [0.1, 0.15) is 19.8 Å². The molecule has 0 saturated heterocycles. The monoisotopic (exact) mass is 231 g/mol. The SMILES string of the molecule is CC(CC(=O)Nc1ccccc1)NCCC#N. The third kappa shape index (κ3) is 5.69. The van der Waals surface area contributed by atoms with Crippen molar-refractivity contribution >= 4 is 11.6 Å². The van der Waals surface area contributed by atoms with Gasteiger partial charge in [-0.1, -0.05) is 18.2 Å². The summed E-state index contributed by atoms with van der Waals surface area (Å²) < 4.78 is 0. The molecule has 17 heavy (non-hydrogen) atoms. The zero-order chi connectivity index (χ0) is 12.5. The topological polar surface area (TPSA) is 64.9 Å². The summed E-state index contributed by atoms with van der Waals surface area (Å²) in [5.41, 5.74) is 0.807. The van der Waals surface area contributed by atoms with Crippen LogP contribution in [-0.2, 0) is 4.79 Å². The van der Waals surface area contributed by atoms with Gasteiger partial charge in [0.25, 0.3) is 0 Å². The van der Waals surface area contributed by atoms with Gasteiger partial charge in [-0.2, -0.15) is 5.26 Å². The van der Waals surface area contributed by atoms with E-state index in [0.717, 1.165) is 5.69 Å². The molecule has 1 atom stereocenters. The molecule has 1 rings (SSSR count). The number of rotatable bonds is 6. The summed E-state index contributed by atoms with van der Waals surface area (Å²) in [7, 11) is 0. The lowest BCUT2D eigenvalue weighted by atomic mass is 10.2. The molecule has 90 valence electrons. The Bertz CT molecular complexity index is 383. The second-order valence-electron chi connectivity index (χ2n) is 3.88. The average molecular weight is 231 g/mol. The van der Waals surface area contributed by atoms with Gasteiger partial charge < -0.3 is 10.6 Å². The maximum absolute atomic E-state index is 11.6. The van der Waals surface area contributed by atoms with Crippen LogP contribution in [0.25, 0.3) is 0 Å². The van der Waals surface area contributed by atoms with Crippen LogP contribution in [0.15, 0.2) is 30.3 Å². The molecule has 0 radical (unpaired) electrons. The molecule has 2 N–H and O–H groups in total. The number of carbonyl (C=O) groups excluding carboxylic acids is 1. The summed E-state index contributed by atoms with van der Waals surface area (Å²) in [5.74, 6) is -0.0202. The Labute approximate surface area is 102 Å². The van der Waals surface area contributed by atoms with Crippen molar-refractivity contribution in [2.45, 2.75) is 25.8 Å². The van der Waals surface area contributed by atoms with Crippen molar-refractivity contribution in [3.8, 4) is 6.07 Å². The fourth-order valence-corrected chi connectivity index (χ4v) is 1.46. The summed E-state index contributed by atoms with van der Waals surface area (Å²) in [4.78, 5) is 11.6. The van der Waals surface area contributed by atoms with Gasteiger partial charge in [0.2, 0.25) is 5.91 Å². The van der Waals surface area contributed by atoms with E-state index in [1.54, 1.807) is 0 Å². The molecule has 0 bridgehead atoms. The molecule has 0 aliphatic heterocycles. The number of nitrogens with zero attached hydrogens (tertiary/aromatic N) is 1. The third-order valence-corrected chi connectivity index (χ3v) is 2.28. The van der Waals surface area contributed by atoms with Gasteiger partial charge in [-0.3, -0.25) is 4.79 Å². The van der Waals surface area contributed by atoms with Crippen LogP contribution in [0, 0.1) is 11.3 Å². The highest BCUT2D eigenvalue weighted by Gasteiger charge is 2.08. The van der Waals surface area contributed by atoms with E-state index in [9.17, 15) is 4.79 Å². The number of para-hydroxylation sites is 1. The standard InChI is InChI=1S/C13H17N3O/c1-11(15-9-5-8-14)10-13(17)16-12-6-3-2-4-7-12/h2-4,6-7,11,15H,5,9-10H2,1H3,(H,16,17). The van der Waals surface area contributed by atoms with Crippen molar-refractivity contribution in [2.24, 2.45) is 0 Å². The first kappa shape index (κ1) is 13.2. The molecule has 0 fully saturated rings. The molecule has 0 saturated carbocycles. The Hall–Kier alpha value is -1.86. The Morgan fingerprint density at radius 2 is 2.12 bits per heavy atom. The van der Waals surface area contributed by atoms with Gasteiger partial charge in [-0.05, 0) is 19.1 Å². The summed E-state index contributed by atoms with van der Waals surface area (Å²) >= 11 is 0. The average Bonchev–Trinajstić information content (AvgIpc) is 2.30. The first-order chi connectivity index (χ1) is 8.22. The molecular formula is C13H17N3O. The lowest BCUT2D eigenvalue weighted by Crippen LogP contribution is -2.31. The molecule has 4 nitrogen and oxygen atoms in total. The Balaban J connectivity index is 2.28. The van der Waals surface area contributed by atoms with Crippen molar-refractivity contribution in [3.63, 3.8) is 0 Å². The number of nitriles is 1. The second-order valence-corrected chi connectivity index (χ2v) is 3.88. The Morgan fingerprint density at radius 1 is 1.41 bits per heavy atom. The Morgan fingerprint density at radius 3 is 2.76 bits per heavy atom. The summed E-state index contributed by atoms with van der Waals surface area (Å²) in [6, 6.07) is 11.5. The molecule has 0 spiro atoms. The zero-order valence-electron chi connectivity index (χ0n) is 9.94. The third-order valence-electron chi connectivity index (χ3n) is 2.28. The number of benzene rings is 1. The lowest BCUT2D eigenvalue weighted by molar-refractivity contribution is -0.116. The van der Waals surface area contributed by atoms with E-state index in [1.807, 2.05) is 37.3 Å². The molecule has 0 aliphatic rings. The normalized spacial score (nSPS) is 11.5. The number of carbonyl (C=O) groups is 1. The maximum Gasteiger partial charge on any atom is 0.225 e. The number of anilines is 1. The summed E-state index contributed by atoms with van der Waals surface area (Å²) in [6.45, 7) is 2.55. The van der Waals surface area contributed by atoms with E-state index in [1.165, 1.54) is 0 Å².